The van der Waals surface area contributed by atoms with Crippen LogP contribution in [-0.2, 0) is 13.0 Å². The van der Waals surface area contributed by atoms with Crippen molar-refractivity contribution in [2.75, 3.05) is 27.3 Å². The number of thiocarbonyl (C=S) groups is 1. The Morgan fingerprint density at radius 2 is 1.90 bits per heavy atom. The van der Waals surface area contributed by atoms with Crippen molar-refractivity contribution in [3.63, 3.8) is 0 Å². The highest BCUT2D eigenvalue weighted by Crippen LogP contribution is 2.33. The number of ether oxygens (including phenoxy) is 2. The molecule has 0 aliphatic carbocycles. The number of hydrogen-bond donors (Lipinski definition) is 1. The predicted molar refractivity (Wildman–Crippen MR) is 84.5 cm³/mol. The van der Waals surface area contributed by atoms with Crippen LogP contribution in [-0.4, -0.2) is 37.2 Å². The van der Waals surface area contributed by atoms with E-state index >= 15 is 0 Å². The molecule has 2 N–H and O–H groups in total. The maximum absolute atomic E-state index is 5.70. The van der Waals surface area contributed by atoms with Crippen LogP contribution >= 0.6 is 12.2 Å². The summed E-state index contributed by atoms with van der Waals surface area (Å²) < 4.78 is 10.7. The molecule has 1 aromatic rings. The molecule has 1 atom stereocenters. The molecule has 0 radical (unpaired) electrons. The Bertz CT molecular complexity index is 505. The normalized spacial score (nSPS) is 16.4. The molecule has 0 aromatic heterocycles. The minimum atomic E-state index is 0.242. The zero-order valence-corrected chi connectivity index (χ0v) is 13.1. The fourth-order valence-electron chi connectivity index (χ4n) is 2.57. The predicted octanol–water partition coefficient (Wildman–Crippen LogP) is 1.98. The smallest absolute Gasteiger partial charge is 0.161 e. The van der Waals surface area contributed by atoms with Gasteiger partial charge < -0.3 is 15.2 Å². The molecule has 1 aromatic carbocycles. The molecule has 0 amide bonds. The van der Waals surface area contributed by atoms with Crippen LogP contribution in [0.25, 0.3) is 0 Å². The van der Waals surface area contributed by atoms with E-state index < -0.39 is 0 Å². The van der Waals surface area contributed by atoms with Crippen LogP contribution in [0, 0.1) is 5.92 Å². The van der Waals surface area contributed by atoms with Gasteiger partial charge in [0.15, 0.2) is 11.5 Å². The van der Waals surface area contributed by atoms with Gasteiger partial charge in [-0.3, -0.25) is 4.90 Å². The van der Waals surface area contributed by atoms with Gasteiger partial charge in [0.25, 0.3) is 0 Å². The monoisotopic (exact) mass is 294 g/mol. The summed E-state index contributed by atoms with van der Waals surface area (Å²) in [6, 6.07) is 4.16. The lowest BCUT2D eigenvalue weighted by molar-refractivity contribution is 0.239. The van der Waals surface area contributed by atoms with E-state index in [9.17, 15) is 0 Å². The molecule has 1 aliphatic rings. The van der Waals surface area contributed by atoms with E-state index in [0.29, 0.717) is 4.99 Å². The second kappa shape index (κ2) is 6.41. The Morgan fingerprint density at radius 1 is 1.30 bits per heavy atom. The van der Waals surface area contributed by atoms with Gasteiger partial charge in [-0.25, -0.2) is 0 Å². The van der Waals surface area contributed by atoms with Crippen molar-refractivity contribution < 1.29 is 9.47 Å². The maximum atomic E-state index is 5.70. The Kier molecular flexibility index (Phi) is 4.83. The average molecular weight is 294 g/mol. The zero-order chi connectivity index (χ0) is 14.7. The van der Waals surface area contributed by atoms with Crippen LogP contribution in [0.15, 0.2) is 12.1 Å². The molecule has 0 spiro atoms. The molecule has 4 nitrogen and oxygen atoms in total. The number of fused-ring (bicyclic) bond motifs is 1. The average Bonchev–Trinajstić information content (AvgIpc) is 2.45. The summed E-state index contributed by atoms with van der Waals surface area (Å²) in [4.78, 5) is 2.97. The Morgan fingerprint density at radius 3 is 2.45 bits per heavy atom. The van der Waals surface area contributed by atoms with E-state index in [1.807, 2.05) is 0 Å². The first-order chi connectivity index (χ1) is 9.55. The zero-order valence-electron chi connectivity index (χ0n) is 12.3. The second-order valence-electron chi connectivity index (χ2n) is 5.26. The minimum Gasteiger partial charge on any atom is -0.493 e. The third kappa shape index (κ3) is 3.22. The van der Waals surface area contributed by atoms with Gasteiger partial charge in [-0.05, 0) is 29.7 Å². The summed E-state index contributed by atoms with van der Waals surface area (Å²) in [5, 5.41) is 0. The van der Waals surface area contributed by atoms with Crippen molar-refractivity contribution in [3.8, 4) is 11.5 Å². The quantitative estimate of drug-likeness (QED) is 0.842. The lowest BCUT2D eigenvalue weighted by atomic mass is 9.98. The fraction of sp³-hybridized carbons (Fsp3) is 0.533. The molecule has 1 heterocycles. The van der Waals surface area contributed by atoms with Crippen LogP contribution in [0.3, 0.4) is 0 Å². The second-order valence-corrected chi connectivity index (χ2v) is 5.74. The van der Waals surface area contributed by atoms with Gasteiger partial charge in [0.05, 0.1) is 19.2 Å². The standard InChI is InChI=1S/C15H22N2O2S/c1-10(15(16)20)8-17-5-4-11-6-13(18-2)14(19-3)7-12(11)9-17/h6-7,10H,4-5,8-9H2,1-3H3,(H2,16,20). The molecule has 5 heteroatoms. The van der Waals surface area contributed by atoms with E-state index in [0.717, 1.165) is 37.6 Å². The molecule has 1 aliphatic heterocycles. The lowest BCUT2D eigenvalue weighted by Crippen LogP contribution is -2.37. The van der Waals surface area contributed by atoms with Gasteiger partial charge in [-0.15, -0.1) is 0 Å². The van der Waals surface area contributed by atoms with E-state index in [-0.39, 0.29) is 5.92 Å². The third-order valence-corrected chi connectivity index (χ3v) is 4.22. The molecule has 0 bridgehead atoms. The molecule has 110 valence electrons. The van der Waals surface area contributed by atoms with Gasteiger partial charge in [0.2, 0.25) is 0 Å². The summed E-state index contributed by atoms with van der Waals surface area (Å²) in [6.45, 7) is 4.91. The van der Waals surface area contributed by atoms with Crippen molar-refractivity contribution in [1.29, 1.82) is 0 Å². The van der Waals surface area contributed by atoms with Crippen molar-refractivity contribution in [1.82, 2.24) is 4.90 Å². The molecule has 0 saturated heterocycles. The van der Waals surface area contributed by atoms with Crippen molar-refractivity contribution in [3.05, 3.63) is 23.3 Å². The van der Waals surface area contributed by atoms with E-state index in [1.54, 1.807) is 14.2 Å². The highest BCUT2D eigenvalue weighted by molar-refractivity contribution is 7.80. The number of nitrogens with zero attached hydrogens (tertiary/aromatic N) is 1. The van der Waals surface area contributed by atoms with Gasteiger partial charge in [-0.2, -0.15) is 0 Å². The van der Waals surface area contributed by atoms with Crippen molar-refractivity contribution in [2.24, 2.45) is 11.7 Å². The third-order valence-electron chi connectivity index (χ3n) is 3.81. The van der Waals surface area contributed by atoms with Crippen molar-refractivity contribution >= 4 is 17.2 Å². The highest BCUT2D eigenvalue weighted by atomic mass is 32.1. The first-order valence-corrected chi connectivity index (χ1v) is 7.21. The largest absolute Gasteiger partial charge is 0.493 e. The number of methoxy groups -OCH3 is 2. The van der Waals surface area contributed by atoms with Gasteiger partial charge in [-0.1, -0.05) is 19.1 Å². The molecule has 0 saturated carbocycles. The fourth-order valence-corrected chi connectivity index (χ4v) is 2.65. The summed E-state index contributed by atoms with van der Waals surface area (Å²) in [5.41, 5.74) is 8.33. The Labute approximate surface area is 125 Å². The molecule has 2 rings (SSSR count). The van der Waals surface area contributed by atoms with Crippen molar-refractivity contribution in [2.45, 2.75) is 19.9 Å². The molecular weight excluding hydrogens is 272 g/mol. The van der Waals surface area contributed by atoms with Gasteiger partial charge in [0, 0.05) is 25.6 Å². The van der Waals surface area contributed by atoms with Crippen LogP contribution in [0.5, 0.6) is 11.5 Å². The summed E-state index contributed by atoms with van der Waals surface area (Å²) in [7, 11) is 3.34. The Balaban J connectivity index is 2.15. The summed E-state index contributed by atoms with van der Waals surface area (Å²) in [5.74, 6) is 1.83. The van der Waals surface area contributed by atoms with Crippen LogP contribution < -0.4 is 15.2 Å². The highest BCUT2D eigenvalue weighted by Gasteiger charge is 2.21. The van der Waals surface area contributed by atoms with Crippen LogP contribution in [0.1, 0.15) is 18.1 Å². The molecule has 0 fully saturated rings. The number of nitrogens with two attached hydrogens (primary N) is 1. The Hall–Kier alpha value is -1.33. The van der Waals surface area contributed by atoms with E-state index in [4.69, 9.17) is 27.4 Å². The number of rotatable bonds is 5. The molecule has 20 heavy (non-hydrogen) atoms. The van der Waals surface area contributed by atoms with E-state index in [2.05, 4.69) is 24.0 Å². The number of benzene rings is 1. The van der Waals surface area contributed by atoms with Crippen LogP contribution in [0.4, 0.5) is 0 Å². The van der Waals surface area contributed by atoms with Gasteiger partial charge >= 0.3 is 0 Å². The van der Waals surface area contributed by atoms with E-state index in [1.165, 1.54) is 11.1 Å². The topological polar surface area (TPSA) is 47.7 Å². The SMILES string of the molecule is COc1cc2c(cc1OC)CN(CC(C)C(N)=S)CC2. The molecular formula is C15H22N2O2S. The lowest BCUT2D eigenvalue weighted by Gasteiger charge is -2.31. The maximum Gasteiger partial charge on any atom is 0.161 e. The minimum absolute atomic E-state index is 0.242. The molecule has 1 unspecified atom stereocenters. The van der Waals surface area contributed by atoms with Crippen LogP contribution in [0.2, 0.25) is 0 Å². The van der Waals surface area contributed by atoms with Gasteiger partial charge in [0.1, 0.15) is 0 Å². The summed E-state index contributed by atoms with van der Waals surface area (Å²) in [6.07, 6.45) is 1.01. The number of hydrogen-bond acceptors (Lipinski definition) is 4. The first-order valence-electron chi connectivity index (χ1n) is 6.80. The summed E-state index contributed by atoms with van der Waals surface area (Å²) >= 11 is 5.05. The first kappa shape index (κ1) is 15.1.